The molecule has 0 bridgehead atoms. The maximum Gasteiger partial charge on any atom is 0.139 e. The van der Waals surface area contributed by atoms with Crippen molar-refractivity contribution in [1.82, 2.24) is 0 Å². The highest BCUT2D eigenvalue weighted by molar-refractivity contribution is 6.13. The van der Waals surface area contributed by atoms with E-state index in [4.69, 9.17) is 0 Å². The number of Topliss-reactive ketones (excluding diaryl/α,β-unsaturated/α-hetero) is 1. The van der Waals surface area contributed by atoms with Gasteiger partial charge in [-0.05, 0) is 71.7 Å². The average Bonchev–Trinajstić information content (AvgIpc) is 2.75. The van der Waals surface area contributed by atoms with E-state index in [-0.39, 0.29) is 21.7 Å². The first kappa shape index (κ1) is 15.7. The van der Waals surface area contributed by atoms with Crippen LogP contribution in [0.3, 0.4) is 0 Å². The van der Waals surface area contributed by atoms with E-state index in [0.29, 0.717) is 11.6 Å². The van der Waals surface area contributed by atoms with Crippen LogP contribution in [0.4, 0.5) is 0 Å². The highest BCUT2D eigenvalue weighted by atomic mass is 16.1. The van der Waals surface area contributed by atoms with Gasteiger partial charge in [0, 0.05) is 11.8 Å². The fourth-order valence-electron chi connectivity index (χ4n) is 7.01. The molecule has 0 aromatic rings. The Morgan fingerprint density at radius 2 is 1.57 bits per heavy atom. The van der Waals surface area contributed by atoms with Crippen LogP contribution in [0.5, 0.6) is 0 Å². The number of rotatable bonds is 0. The minimum absolute atomic E-state index is 0.0923. The number of hydrogen-bond donors (Lipinski definition) is 0. The van der Waals surface area contributed by atoms with E-state index in [2.05, 4.69) is 47.7 Å². The first-order chi connectivity index (χ1) is 10.7. The van der Waals surface area contributed by atoms with Gasteiger partial charge in [0.2, 0.25) is 0 Å². The number of carbonyl (C=O) groups excluding carboxylic acids is 1. The van der Waals surface area contributed by atoms with E-state index in [1.807, 2.05) is 0 Å². The third-order valence-corrected chi connectivity index (χ3v) is 9.26. The van der Waals surface area contributed by atoms with Crippen molar-refractivity contribution in [3.05, 3.63) is 23.3 Å². The van der Waals surface area contributed by atoms with Crippen molar-refractivity contribution < 1.29 is 4.79 Å². The predicted molar refractivity (Wildman–Crippen MR) is 98.2 cm³/mol. The number of carbonyl (C=O) groups is 1. The fraction of sp³-hybridized carbons (Fsp3) is 0.762. The van der Waals surface area contributed by atoms with Gasteiger partial charge in [0.25, 0.3) is 0 Å². The zero-order chi connectivity index (χ0) is 16.7. The van der Waals surface area contributed by atoms with Crippen LogP contribution < -0.4 is 0 Å². The van der Waals surface area contributed by atoms with Gasteiger partial charge >= 0.3 is 0 Å². The molecule has 0 aromatic heterocycles. The van der Waals surface area contributed by atoms with E-state index in [9.17, 15) is 4.79 Å². The van der Waals surface area contributed by atoms with Gasteiger partial charge in [-0.1, -0.05) is 39.8 Å². The van der Waals surface area contributed by atoms with Crippen LogP contribution in [0.1, 0.15) is 72.6 Å². The molecule has 2 heteroatoms. The lowest BCUT2D eigenvalue weighted by molar-refractivity contribution is -0.167. The maximum absolute atomic E-state index is 12.8. The molecule has 0 radical (unpaired) electrons. The first-order valence-electron chi connectivity index (χ1n) is 9.63. The molecule has 0 amide bonds. The Hall–Kier alpha value is -0.785. The number of fused-ring (bicyclic) bond motifs is 5. The van der Waals surface area contributed by atoms with E-state index in [0.717, 1.165) is 19.3 Å². The molecule has 3 fully saturated rings. The zero-order valence-corrected chi connectivity index (χ0v) is 15.6. The molecule has 0 aromatic carbocycles. The van der Waals surface area contributed by atoms with Crippen molar-refractivity contribution in [3.8, 4) is 0 Å². The number of hydrogen-bond acceptors (Lipinski definition) is 1. The Labute approximate surface area is 142 Å². The largest absolute Gasteiger partial charge is 0.299 e. The van der Waals surface area contributed by atoms with Crippen molar-refractivity contribution in [3.63, 3.8) is 0 Å². The first-order valence-corrected chi connectivity index (χ1v) is 9.63. The summed E-state index contributed by atoms with van der Waals surface area (Å²) in [4.78, 5) is 12.8. The van der Waals surface area contributed by atoms with Crippen LogP contribution in [-0.2, 0) is 4.79 Å². The molecule has 0 N–H and O–H groups in total. The zero-order valence-electron chi connectivity index (χ0n) is 15.6. The molecule has 0 aliphatic heterocycles. The van der Waals surface area contributed by atoms with Gasteiger partial charge in [-0.15, -0.1) is 0 Å². The Morgan fingerprint density at radius 3 is 2.30 bits per heavy atom. The summed E-state index contributed by atoms with van der Waals surface area (Å²) in [6.07, 6.45) is 12.9. The molecule has 3 saturated carbocycles. The fourth-order valence-corrected chi connectivity index (χ4v) is 7.01. The number of ketones is 1. The molecule has 4 rings (SSSR count). The lowest BCUT2D eigenvalue weighted by atomic mass is 9.35. The summed E-state index contributed by atoms with van der Waals surface area (Å²) in [6.45, 7) is 9.79. The van der Waals surface area contributed by atoms with Crippen molar-refractivity contribution in [2.24, 2.45) is 21.7 Å². The molecule has 124 valence electrons. The third kappa shape index (κ3) is 1.59. The molecule has 1 unspecified atom stereocenters. The summed E-state index contributed by atoms with van der Waals surface area (Å²) in [6, 6.07) is 0. The molecule has 0 spiro atoms. The van der Waals surface area contributed by atoms with Gasteiger partial charge in [0.15, 0.2) is 0 Å². The molecule has 23 heavy (non-hydrogen) atoms. The molecule has 0 heterocycles. The standard InChI is InChI=1S/C21H31BO/c1-18-11-12-19(2)17(23)8-10-21(19,4)20(18,3)9-7-14-13-15(22)5-6-16(14)18/h6,13,15H,5,7-12,22H2,1-4H3/t15?,18-,19-,20-,21-/m1/s1. The quantitative estimate of drug-likeness (QED) is 0.596. The SMILES string of the molecule is BC1C=C2CC[C@@]3(C)[C@]4(C)CCC(=O)[C@@]4(C)CC[C@]3(C)C2=CC1. The van der Waals surface area contributed by atoms with Crippen LogP contribution in [0.2, 0.25) is 5.82 Å². The second kappa shape index (κ2) is 4.43. The van der Waals surface area contributed by atoms with E-state index < -0.39 is 0 Å². The van der Waals surface area contributed by atoms with Crippen molar-refractivity contribution in [2.45, 2.75) is 78.5 Å². The molecule has 4 aliphatic carbocycles. The second-order valence-electron chi connectivity index (χ2n) is 9.77. The topological polar surface area (TPSA) is 17.1 Å². The van der Waals surface area contributed by atoms with Gasteiger partial charge in [0.05, 0.1) is 0 Å². The third-order valence-electron chi connectivity index (χ3n) is 9.26. The van der Waals surface area contributed by atoms with Crippen molar-refractivity contribution >= 4 is 13.6 Å². The molecular weight excluding hydrogens is 279 g/mol. The molecular formula is C21H31BO. The van der Waals surface area contributed by atoms with Crippen LogP contribution in [0.25, 0.3) is 0 Å². The molecule has 0 saturated heterocycles. The van der Waals surface area contributed by atoms with Crippen molar-refractivity contribution in [2.75, 3.05) is 0 Å². The Balaban J connectivity index is 1.87. The minimum Gasteiger partial charge on any atom is -0.299 e. The second-order valence-corrected chi connectivity index (χ2v) is 9.77. The molecule has 1 nitrogen and oxygen atoms in total. The average molecular weight is 310 g/mol. The summed E-state index contributed by atoms with van der Waals surface area (Å²) in [5.41, 5.74) is 3.82. The lowest BCUT2D eigenvalue weighted by Crippen LogP contribution is -2.61. The van der Waals surface area contributed by atoms with Gasteiger partial charge in [0.1, 0.15) is 13.6 Å². The summed E-state index contributed by atoms with van der Waals surface area (Å²) < 4.78 is 0. The van der Waals surface area contributed by atoms with Gasteiger partial charge in [-0.3, -0.25) is 4.79 Å². The summed E-state index contributed by atoms with van der Waals surface area (Å²) in [7, 11) is 2.34. The normalized spacial score (nSPS) is 52.2. The monoisotopic (exact) mass is 310 g/mol. The van der Waals surface area contributed by atoms with Crippen molar-refractivity contribution in [1.29, 1.82) is 0 Å². The molecule has 4 aliphatic rings. The van der Waals surface area contributed by atoms with E-state index in [1.54, 1.807) is 11.1 Å². The van der Waals surface area contributed by atoms with E-state index >= 15 is 0 Å². The summed E-state index contributed by atoms with van der Waals surface area (Å²) in [5, 5.41) is 0. The number of allylic oxidation sites excluding steroid dienone is 4. The van der Waals surface area contributed by atoms with Crippen LogP contribution in [0, 0.1) is 21.7 Å². The van der Waals surface area contributed by atoms with E-state index in [1.165, 1.54) is 25.7 Å². The van der Waals surface area contributed by atoms with Gasteiger partial charge in [-0.25, -0.2) is 0 Å². The summed E-state index contributed by atoms with van der Waals surface area (Å²) in [5.74, 6) is 1.23. The predicted octanol–water partition coefficient (Wildman–Crippen LogP) is 4.64. The highest BCUT2D eigenvalue weighted by Gasteiger charge is 2.71. The Bertz CT molecular complexity index is 646. The van der Waals surface area contributed by atoms with Crippen LogP contribution in [0.15, 0.2) is 23.3 Å². The highest BCUT2D eigenvalue weighted by Crippen LogP contribution is 2.76. The Morgan fingerprint density at radius 1 is 0.957 bits per heavy atom. The smallest absolute Gasteiger partial charge is 0.139 e. The van der Waals surface area contributed by atoms with Crippen LogP contribution in [-0.4, -0.2) is 13.6 Å². The van der Waals surface area contributed by atoms with Gasteiger partial charge < -0.3 is 0 Å². The maximum atomic E-state index is 12.8. The Kier molecular flexibility index (Phi) is 3.03. The lowest BCUT2D eigenvalue weighted by Gasteiger charge is -2.68. The van der Waals surface area contributed by atoms with Crippen LogP contribution >= 0.6 is 0 Å². The minimum atomic E-state index is -0.0923. The summed E-state index contributed by atoms with van der Waals surface area (Å²) >= 11 is 0. The van der Waals surface area contributed by atoms with Gasteiger partial charge in [-0.2, -0.15) is 0 Å². The molecule has 5 atom stereocenters.